The molecule has 0 saturated heterocycles. The molecular weight excluding hydrogens is 380 g/mol. The number of carbonyl (C=O) groups is 2. The Bertz CT molecular complexity index is 798. The van der Waals surface area contributed by atoms with E-state index in [0.29, 0.717) is 5.69 Å². The van der Waals surface area contributed by atoms with E-state index >= 15 is 0 Å². The monoisotopic (exact) mass is 404 g/mol. The minimum atomic E-state index is -0.386. The molecule has 0 fully saturated rings. The standard InChI is InChI=1S/C19H24N4O2S2/c1-12(19-23-14-7-3-5-9-16(14)27-19)21-10-18(25)22-13-6-2-4-8-15(13)26-11-17(20)24/h2,4,6,8,12,21H,3,5,7,9-11H2,1H3,(H2,20,24)(H,22,25)/t12-/m1/s1. The van der Waals surface area contributed by atoms with Crippen LogP contribution in [0.15, 0.2) is 29.2 Å². The van der Waals surface area contributed by atoms with Gasteiger partial charge in [-0.2, -0.15) is 0 Å². The van der Waals surface area contributed by atoms with E-state index in [1.165, 1.54) is 35.2 Å². The third kappa shape index (κ3) is 5.54. The van der Waals surface area contributed by atoms with Gasteiger partial charge in [0.1, 0.15) is 5.01 Å². The number of thiazole rings is 1. The smallest absolute Gasteiger partial charge is 0.238 e. The van der Waals surface area contributed by atoms with Crippen LogP contribution in [0.2, 0.25) is 0 Å². The zero-order valence-electron chi connectivity index (χ0n) is 15.3. The minimum Gasteiger partial charge on any atom is -0.369 e. The third-order valence-corrected chi connectivity index (χ3v) is 6.77. The molecule has 0 radical (unpaired) electrons. The molecule has 0 spiro atoms. The first kappa shape index (κ1) is 19.9. The van der Waals surface area contributed by atoms with Crippen molar-refractivity contribution in [3.8, 4) is 0 Å². The van der Waals surface area contributed by atoms with E-state index in [1.807, 2.05) is 31.2 Å². The maximum absolute atomic E-state index is 12.3. The molecule has 1 aromatic heterocycles. The van der Waals surface area contributed by atoms with Crippen molar-refractivity contribution < 1.29 is 9.59 Å². The molecule has 0 unspecified atom stereocenters. The van der Waals surface area contributed by atoms with Gasteiger partial charge in [-0.3, -0.25) is 14.9 Å². The zero-order chi connectivity index (χ0) is 19.2. The van der Waals surface area contributed by atoms with Gasteiger partial charge < -0.3 is 11.1 Å². The number of hydrogen-bond donors (Lipinski definition) is 3. The van der Waals surface area contributed by atoms with Crippen molar-refractivity contribution in [2.75, 3.05) is 17.6 Å². The summed E-state index contributed by atoms with van der Waals surface area (Å²) < 4.78 is 0. The molecule has 144 valence electrons. The highest BCUT2D eigenvalue weighted by Gasteiger charge is 2.19. The second-order valence-electron chi connectivity index (χ2n) is 6.53. The van der Waals surface area contributed by atoms with E-state index in [1.54, 1.807) is 11.3 Å². The summed E-state index contributed by atoms with van der Waals surface area (Å²) in [5.41, 5.74) is 7.13. The lowest BCUT2D eigenvalue weighted by Crippen LogP contribution is -2.30. The molecule has 8 heteroatoms. The van der Waals surface area contributed by atoms with Gasteiger partial charge in [0.25, 0.3) is 0 Å². The van der Waals surface area contributed by atoms with Crippen molar-refractivity contribution in [3.63, 3.8) is 0 Å². The summed E-state index contributed by atoms with van der Waals surface area (Å²) >= 11 is 3.07. The molecule has 1 aliphatic rings. The van der Waals surface area contributed by atoms with Crippen molar-refractivity contribution >= 4 is 40.6 Å². The molecule has 2 aromatic rings. The fourth-order valence-corrected chi connectivity index (χ4v) is 4.86. The highest BCUT2D eigenvalue weighted by atomic mass is 32.2. The number of anilines is 1. The van der Waals surface area contributed by atoms with Crippen molar-refractivity contribution in [3.05, 3.63) is 39.8 Å². The minimum absolute atomic E-state index is 0.0332. The number of aromatic nitrogens is 1. The summed E-state index contributed by atoms with van der Waals surface area (Å²) in [6.45, 7) is 2.23. The zero-order valence-corrected chi connectivity index (χ0v) is 16.9. The summed E-state index contributed by atoms with van der Waals surface area (Å²) in [7, 11) is 0. The number of fused-ring (bicyclic) bond motifs is 1. The highest BCUT2D eigenvalue weighted by Crippen LogP contribution is 2.30. The fraction of sp³-hybridized carbons (Fsp3) is 0.421. The van der Waals surface area contributed by atoms with Crippen LogP contribution in [0.5, 0.6) is 0 Å². The van der Waals surface area contributed by atoms with Crippen molar-refractivity contribution in [2.45, 2.75) is 43.5 Å². The van der Waals surface area contributed by atoms with Crippen molar-refractivity contribution in [2.24, 2.45) is 5.73 Å². The maximum Gasteiger partial charge on any atom is 0.238 e. The molecule has 2 amide bonds. The maximum atomic E-state index is 12.3. The van der Waals surface area contributed by atoms with Gasteiger partial charge in [-0.15, -0.1) is 23.1 Å². The van der Waals surface area contributed by atoms with Gasteiger partial charge in [0, 0.05) is 9.77 Å². The van der Waals surface area contributed by atoms with Crippen molar-refractivity contribution in [1.29, 1.82) is 0 Å². The highest BCUT2D eigenvalue weighted by molar-refractivity contribution is 8.00. The number of nitrogens with one attached hydrogen (secondary N) is 2. The lowest BCUT2D eigenvalue weighted by molar-refractivity contribution is -0.116. The summed E-state index contributed by atoms with van der Waals surface area (Å²) in [6.07, 6.45) is 4.65. The lowest BCUT2D eigenvalue weighted by atomic mass is 10.0. The summed E-state index contributed by atoms with van der Waals surface area (Å²) in [5.74, 6) is -0.338. The van der Waals surface area contributed by atoms with Gasteiger partial charge in [0.15, 0.2) is 0 Å². The Morgan fingerprint density at radius 3 is 2.85 bits per heavy atom. The third-order valence-electron chi connectivity index (χ3n) is 4.33. The topological polar surface area (TPSA) is 97.1 Å². The van der Waals surface area contributed by atoms with Crippen LogP contribution in [0.25, 0.3) is 0 Å². The van der Waals surface area contributed by atoms with Crippen molar-refractivity contribution in [1.82, 2.24) is 10.3 Å². The van der Waals surface area contributed by atoms with E-state index in [4.69, 9.17) is 10.7 Å². The Kier molecular flexibility index (Phi) is 6.87. The average molecular weight is 405 g/mol. The summed E-state index contributed by atoms with van der Waals surface area (Å²) in [4.78, 5) is 30.3. The Hall–Kier alpha value is -1.90. The number of thioether (sulfide) groups is 1. The number of rotatable bonds is 8. The fourth-order valence-electron chi connectivity index (χ4n) is 2.93. The molecule has 27 heavy (non-hydrogen) atoms. The van der Waals surface area contributed by atoms with Gasteiger partial charge in [0.2, 0.25) is 11.8 Å². The predicted molar refractivity (Wildman–Crippen MR) is 110 cm³/mol. The van der Waals surface area contributed by atoms with Crippen LogP contribution >= 0.6 is 23.1 Å². The molecule has 1 heterocycles. The van der Waals surface area contributed by atoms with Gasteiger partial charge in [0.05, 0.1) is 29.7 Å². The average Bonchev–Trinajstić information content (AvgIpc) is 3.09. The Labute approximate surface area is 167 Å². The quantitative estimate of drug-likeness (QED) is 0.588. The van der Waals surface area contributed by atoms with E-state index in [2.05, 4.69) is 10.6 Å². The van der Waals surface area contributed by atoms with Gasteiger partial charge in [-0.25, -0.2) is 4.98 Å². The van der Waals surface area contributed by atoms with Crippen LogP contribution in [0.4, 0.5) is 5.69 Å². The van der Waals surface area contributed by atoms with Crippen LogP contribution in [-0.2, 0) is 22.4 Å². The summed E-state index contributed by atoms with van der Waals surface area (Å²) in [5, 5.41) is 7.20. The molecule has 3 rings (SSSR count). The van der Waals surface area contributed by atoms with Crippen LogP contribution in [0.3, 0.4) is 0 Å². The predicted octanol–water partition coefficient (Wildman–Crippen LogP) is 2.89. The second-order valence-corrected chi connectivity index (χ2v) is 8.66. The number of para-hydroxylation sites is 1. The molecule has 6 nitrogen and oxygen atoms in total. The summed E-state index contributed by atoms with van der Waals surface area (Å²) in [6, 6.07) is 7.42. The lowest BCUT2D eigenvalue weighted by Gasteiger charge is -2.13. The number of hydrogen-bond acceptors (Lipinski definition) is 6. The molecule has 1 atom stereocenters. The largest absolute Gasteiger partial charge is 0.369 e. The first-order valence-electron chi connectivity index (χ1n) is 9.05. The van der Waals surface area contributed by atoms with Gasteiger partial charge in [-0.05, 0) is 44.7 Å². The SMILES string of the molecule is C[C@@H](NCC(=O)Nc1ccccc1SCC(N)=O)c1nc2c(s1)CCCC2. The number of benzene rings is 1. The van der Waals surface area contributed by atoms with Crippen LogP contribution in [0, 0.1) is 0 Å². The first-order chi connectivity index (χ1) is 13.0. The van der Waals surface area contributed by atoms with Crippen LogP contribution < -0.4 is 16.4 Å². The van der Waals surface area contributed by atoms with Crippen LogP contribution in [0.1, 0.15) is 41.4 Å². The van der Waals surface area contributed by atoms with Gasteiger partial charge >= 0.3 is 0 Å². The molecule has 0 aliphatic heterocycles. The molecule has 1 aromatic carbocycles. The van der Waals surface area contributed by atoms with E-state index in [0.717, 1.165) is 22.7 Å². The second kappa shape index (κ2) is 9.34. The van der Waals surface area contributed by atoms with Gasteiger partial charge in [-0.1, -0.05) is 12.1 Å². The normalized spacial score (nSPS) is 14.4. The van der Waals surface area contributed by atoms with E-state index in [9.17, 15) is 9.59 Å². The number of amides is 2. The molecule has 4 N–H and O–H groups in total. The van der Waals surface area contributed by atoms with Crippen LogP contribution in [-0.4, -0.2) is 29.1 Å². The molecule has 0 bridgehead atoms. The number of nitrogens with two attached hydrogens (primary N) is 1. The Balaban J connectivity index is 1.54. The number of aryl methyl sites for hydroxylation is 2. The molecule has 0 saturated carbocycles. The number of primary amides is 1. The molecule has 1 aliphatic carbocycles. The first-order valence-corrected chi connectivity index (χ1v) is 10.8. The Morgan fingerprint density at radius 1 is 1.30 bits per heavy atom. The molecular formula is C19H24N4O2S2. The number of nitrogens with zero attached hydrogens (tertiary/aromatic N) is 1. The Morgan fingerprint density at radius 2 is 2.07 bits per heavy atom. The number of carbonyl (C=O) groups excluding carboxylic acids is 2. The van der Waals surface area contributed by atoms with E-state index in [-0.39, 0.29) is 30.2 Å². The van der Waals surface area contributed by atoms with E-state index < -0.39 is 0 Å².